The van der Waals surface area contributed by atoms with Gasteiger partial charge in [0.05, 0.1) is 23.3 Å². The lowest BCUT2D eigenvalue weighted by Gasteiger charge is -2.06. The molecule has 20 heavy (non-hydrogen) atoms. The number of benzene rings is 1. The highest BCUT2D eigenvalue weighted by Crippen LogP contribution is 2.32. The quantitative estimate of drug-likeness (QED) is 0.473. The van der Waals surface area contributed by atoms with E-state index in [-0.39, 0.29) is 17.2 Å². The van der Waals surface area contributed by atoms with Crippen LogP contribution in [-0.2, 0) is 14.3 Å². The van der Waals surface area contributed by atoms with Crippen molar-refractivity contribution in [2.24, 2.45) is 0 Å². The van der Waals surface area contributed by atoms with E-state index < -0.39 is 11.8 Å². The van der Waals surface area contributed by atoms with E-state index in [0.29, 0.717) is 17.7 Å². The van der Waals surface area contributed by atoms with Gasteiger partial charge in [0.15, 0.2) is 0 Å². The second-order valence-corrected chi connectivity index (χ2v) is 5.07. The number of hydrogen-bond donors (Lipinski definition) is 0. The van der Waals surface area contributed by atoms with E-state index in [1.807, 2.05) is 13.8 Å². The smallest absolute Gasteiger partial charge is 0.336 e. The van der Waals surface area contributed by atoms with Crippen LogP contribution in [0.15, 0.2) is 23.8 Å². The first-order chi connectivity index (χ1) is 9.52. The third kappa shape index (κ3) is 3.58. The molecule has 0 saturated carbocycles. The molecule has 0 spiro atoms. The molecule has 0 aliphatic carbocycles. The lowest BCUT2D eigenvalue weighted by atomic mass is 10.1. The molecule has 1 saturated heterocycles. The Morgan fingerprint density at radius 3 is 2.80 bits per heavy atom. The molecule has 2 rings (SSSR count). The molecule has 1 aromatic carbocycles. The van der Waals surface area contributed by atoms with Crippen molar-refractivity contribution in [3.63, 3.8) is 0 Å². The number of ether oxygens (including phenoxy) is 2. The first-order valence-electron chi connectivity index (χ1n) is 6.52. The van der Waals surface area contributed by atoms with Crippen LogP contribution in [0.5, 0.6) is 0 Å². The van der Waals surface area contributed by atoms with Gasteiger partial charge in [-0.3, -0.25) is 0 Å². The topological polar surface area (TPSA) is 38.8 Å². The molecular formula is C15H16ClFO3. The highest BCUT2D eigenvalue weighted by molar-refractivity contribution is 6.32. The summed E-state index contributed by atoms with van der Waals surface area (Å²) in [5.41, 5.74) is 0.985. The first-order valence-corrected chi connectivity index (χ1v) is 6.90. The van der Waals surface area contributed by atoms with Crippen LogP contribution in [0.1, 0.15) is 25.8 Å². The van der Waals surface area contributed by atoms with Crippen LogP contribution in [-0.4, -0.2) is 24.8 Å². The van der Waals surface area contributed by atoms with Gasteiger partial charge in [-0.05, 0) is 37.1 Å². The maximum atomic E-state index is 13.0. The summed E-state index contributed by atoms with van der Waals surface area (Å²) in [6.45, 7) is 4.15. The Bertz CT molecular complexity index is 542. The predicted molar refractivity (Wildman–Crippen MR) is 75.0 cm³/mol. The molecule has 2 unspecified atom stereocenters. The zero-order chi connectivity index (χ0) is 14.7. The summed E-state index contributed by atoms with van der Waals surface area (Å²) < 4.78 is 23.5. The largest absolute Gasteiger partial charge is 0.462 e. The summed E-state index contributed by atoms with van der Waals surface area (Å²) >= 11 is 5.97. The molecule has 0 radical (unpaired) electrons. The average molecular weight is 299 g/mol. The molecule has 1 heterocycles. The van der Waals surface area contributed by atoms with Gasteiger partial charge in [-0.1, -0.05) is 24.6 Å². The van der Waals surface area contributed by atoms with Crippen molar-refractivity contribution >= 4 is 23.6 Å². The fraction of sp³-hybridized carbons (Fsp3) is 0.400. The fourth-order valence-electron chi connectivity index (χ4n) is 1.83. The highest BCUT2D eigenvalue weighted by Gasteiger charge is 2.41. The van der Waals surface area contributed by atoms with E-state index in [4.69, 9.17) is 21.1 Å². The van der Waals surface area contributed by atoms with E-state index in [2.05, 4.69) is 0 Å². The van der Waals surface area contributed by atoms with Gasteiger partial charge in [-0.25, -0.2) is 9.18 Å². The summed E-state index contributed by atoms with van der Waals surface area (Å²) in [5.74, 6) is -0.833. The minimum atomic E-state index is -0.418. The fourth-order valence-corrected chi connectivity index (χ4v) is 2.06. The van der Waals surface area contributed by atoms with E-state index in [9.17, 15) is 9.18 Å². The Morgan fingerprint density at radius 2 is 2.25 bits per heavy atom. The summed E-state index contributed by atoms with van der Waals surface area (Å²) in [7, 11) is 0. The molecule has 1 aromatic rings. The Labute approximate surface area is 122 Å². The van der Waals surface area contributed by atoms with Crippen molar-refractivity contribution in [1.29, 1.82) is 0 Å². The van der Waals surface area contributed by atoms with E-state index in [0.717, 1.165) is 6.42 Å². The van der Waals surface area contributed by atoms with Crippen molar-refractivity contribution in [3.8, 4) is 0 Å². The molecule has 5 heteroatoms. The normalized spacial score (nSPS) is 21.7. The SMILES string of the molecule is CCCOC(=O)/C(=C\c1ccc(F)cc1Cl)C1OC1C. The minimum Gasteiger partial charge on any atom is -0.462 e. The summed E-state index contributed by atoms with van der Waals surface area (Å²) in [6, 6.07) is 4.03. The first kappa shape index (κ1) is 15.0. The summed E-state index contributed by atoms with van der Waals surface area (Å²) in [4.78, 5) is 12.0. The van der Waals surface area contributed by atoms with Gasteiger partial charge < -0.3 is 9.47 Å². The molecule has 0 amide bonds. The maximum Gasteiger partial charge on any atom is 0.336 e. The van der Waals surface area contributed by atoms with Gasteiger partial charge in [0, 0.05) is 0 Å². The van der Waals surface area contributed by atoms with Crippen molar-refractivity contribution in [1.82, 2.24) is 0 Å². The number of hydrogen-bond acceptors (Lipinski definition) is 3. The van der Waals surface area contributed by atoms with E-state index in [1.165, 1.54) is 18.2 Å². The molecule has 0 aromatic heterocycles. The Balaban J connectivity index is 2.26. The minimum absolute atomic E-state index is 0.0188. The lowest BCUT2D eigenvalue weighted by molar-refractivity contribution is -0.139. The highest BCUT2D eigenvalue weighted by atomic mass is 35.5. The van der Waals surface area contributed by atoms with Crippen molar-refractivity contribution in [2.75, 3.05) is 6.61 Å². The molecular weight excluding hydrogens is 283 g/mol. The van der Waals surface area contributed by atoms with Crippen LogP contribution in [0.25, 0.3) is 6.08 Å². The number of esters is 1. The van der Waals surface area contributed by atoms with Crippen LogP contribution in [0.3, 0.4) is 0 Å². The molecule has 3 nitrogen and oxygen atoms in total. The maximum absolute atomic E-state index is 13.0. The molecule has 1 aliphatic heterocycles. The van der Waals surface area contributed by atoms with Crippen molar-refractivity contribution < 1.29 is 18.7 Å². The molecule has 2 atom stereocenters. The molecule has 0 N–H and O–H groups in total. The number of rotatable bonds is 5. The number of carbonyl (C=O) groups is 1. The second-order valence-electron chi connectivity index (χ2n) is 4.66. The van der Waals surface area contributed by atoms with Crippen LogP contribution >= 0.6 is 11.6 Å². The molecule has 1 fully saturated rings. The Kier molecular flexibility index (Phi) is 4.78. The molecule has 108 valence electrons. The standard InChI is InChI=1S/C15H16ClFO3/c1-3-6-19-15(18)12(14-9(2)20-14)7-10-4-5-11(17)8-13(10)16/h4-5,7-9,14H,3,6H2,1-2H3/b12-7-. The van der Waals surface area contributed by atoms with Gasteiger partial charge in [0.2, 0.25) is 0 Å². The van der Waals surface area contributed by atoms with Crippen LogP contribution < -0.4 is 0 Å². The van der Waals surface area contributed by atoms with Gasteiger partial charge in [0.25, 0.3) is 0 Å². The predicted octanol–water partition coefficient (Wildman–Crippen LogP) is 3.60. The third-order valence-corrected chi connectivity index (χ3v) is 3.29. The number of carbonyl (C=O) groups excluding carboxylic acids is 1. The van der Waals surface area contributed by atoms with Crippen LogP contribution in [0.4, 0.5) is 4.39 Å². The van der Waals surface area contributed by atoms with Gasteiger partial charge in [-0.2, -0.15) is 0 Å². The van der Waals surface area contributed by atoms with Crippen LogP contribution in [0.2, 0.25) is 5.02 Å². The van der Waals surface area contributed by atoms with E-state index in [1.54, 1.807) is 6.08 Å². The van der Waals surface area contributed by atoms with Gasteiger partial charge in [0.1, 0.15) is 11.9 Å². The van der Waals surface area contributed by atoms with Gasteiger partial charge >= 0.3 is 5.97 Å². The number of epoxide rings is 1. The van der Waals surface area contributed by atoms with Crippen molar-refractivity contribution in [2.45, 2.75) is 32.5 Å². The summed E-state index contributed by atoms with van der Waals surface area (Å²) in [5, 5.41) is 0.249. The third-order valence-electron chi connectivity index (χ3n) is 2.96. The van der Waals surface area contributed by atoms with Crippen LogP contribution in [0, 0.1) is 5.82 Å². The average Bonchev–Trinajstić information content (AvgIpc) is 3.12. The van der Waals surface area contributed by atoms with Gasteiger partial charge in [-0.15, -0.1) is 0 Å². The molecule has 1 aliphatic rings. The van der Waals surface area contributed by atoms with Crippen molar-refractivity contribution in [3.05, 3.63) is 40.2 Å². The number of halogens is 2. The Morgan fingerprint density at radius 1 is 1.55 bits per heavy atom. The van der Waals surface area contributed by atoms with E-state index >= 15 is 0 Å². The molecule has 0 bridgehead atoms. The second kappa shape index (κ2) is 6.37. The monoisotopic (exact) mass is 298 g/mol. The summed E-state index contributed by atoms with van der Waals surface area (Å²) in [6.07, 6.45) is 2.06. The zero-order valence-corrected chi connectivity index (χ0v) is 12.1. The zero-order valence-electron chi connectivity index (χ0n) is 11.4. The Hall–Kier alpha value is -1.39. The lowest BCUT2D eigenvalue weighted by Crippen LogP contribution is -2.14.